The van der Waals surface area contributed by atoms with Gasteiger partial charge in [0, 0.05) is 30.7 Å². The third kappa shape index (κ3) is 2.75. The first-order valence-corrected chi connectivity index (χ1v) is 8.35. The highest BCUT2D eigenvalue weighted by molar-refractivity contribution is 7.09. The van der Waals surface area contributed by atoms with Crippen LogP contribution in [0, 0.1) is 12.8 Å². The van der Waals surface area contributed by atoms with E-state index in [1.807, 2.05) is 24.6 Å². The lowest BCUT2D eigenvalue weighted by Gasteiger charge is -2.33. The molecule has 0 bridgehead atoms. The Hall–Kier alpha value is -1.24. The summed E-state index contributed by atoms with van der Waals surface area (Å²) in [5, 5.41) is 7.24. The molecule has 2 aliphatic rings. The van der Waals surface area contributed by atoms with Crippen LogP contribution in [0.5, 0.6) is 0 Å². The van der Waals surface area contributed by atoms with Crippen molar-refractivity contribution in [3.8, 4) is 0 Å². The average molecular weight is 305 g/mol. The maximum Gasteiger partial charge on any atom is 0.133 e. The van der Waals surface area contributed by atoms with E-state index in [0.29, 0.717) is 12.0 Å². The van der Waals surface area contributed by atoms with Gasteiger partial charge in [-0.2, -0.15) is 0 Å². The minimum absolute atomic E-state index is 0.203. The lowest BCUT2D eigenvalue weighted by Crippen LogP contribution is -2.41. The Kier molecular flexibility index (Phi) is 3.52. The SMILES string of the molecule is Cc1cc(CN2CC[C@H]3C[C@H](c4nccs4)O[C@@H]3C2)no1. The zero-order chi connectivity index (χ0) is 14.2. The van der Waals surface area contributed by atoms with Crippen LogP contribution in [0.25, 0.3) is 0 Å². The van der Waals surface area contributed by atoms with E-state index in [4.69, 9.17) is 9.26 Å². The minimum atomic E-state index is 0.203. The van der Waals surface area contributed by atoms with E-state index in [1.165, 1.54) is 6.42 Å². The number of aromatic nitrogens is 2. The molecule has 6 heteroatoms. The smallest absolute Gasteiger partial charge is 0.133 e. The molecule has 0 saturated carbocycles. The van der Waals surface area contributed by atoms with E-state index in [-0.39, 0.29) is 6.10 Å². The molecular formula is C15H19N3O2S. The summed E-state index contributed by atoms with van der Waals surface area (Å²) in [5.41, 5.74) is 1.01. The number of thiazole rings is 1. The van der Waals surface area contributed by atoms with Crippen LogP contribution in [0.3, 0.4) is 0 Å². The van der Waals surface area contributed by atoms with Crippen molar-refractivity contribution in [3.05, 3.63) is 34.1 Å². The lowest BCUT2D eigenvalue weighted by atomic mass is 9.92. The van der Waals surface area contributed by atoms with Crippen LogP contribution < -0.4 is 0 Å². The second kappa shape index (κ2) is 5.51. The Labute approximate surface area is 127 Å². The summed E-state index contributed by atoms with van der Waals surface area (Å²) >= 11 is 1.70. The normalized spacial score (nSPS) is 29.7. The molecule has 112 valence electrons. The van der Waals surface area contributed by atoms with Crippen molar-refractivity contribution in [3.63, 3.8) is 0 Å². The maximum absolute atomic E-state index is 6.25. The van der Waals surface area contributed by atoms with Crippen molar-refractivity contribution in [2.75, 3.05) is 13.1 Å². The molecule has 0 radical (unpaired) electrons. The van der Waals surface area contributed by atoms with Crippen LogP contribution in [-0.2, 0) is 11.3 Å². The van der Waals surface area contributed by atoms with Crippen molar-refractivity contribution in [1.29, 1.82) is 0 Å². The highest BCUT2D eigenvalue weighted by atomic mass is 32.1. The van der Waals surface area contributed by atoms with Gasteiger partial charge in [0.2, 0.25) is 0 Å². The monoisotopic (exact) mass is 305 g/mol. The van der Waals surface area contributed by atoms with E-state index < -0.39 is 0 Å². The van der Waals surface area contributed by atoms with Crippen LogP contribution in [0.4, 0.5) is 0 Å². The van der Waals surface area contributed by atoms with Gasteiger partial charge in [0.15, 0.2) is 0 Å². The Morgan fingerprint density at radius 3 is 3.19 bits per heavy atom. The first kappa shape index (κ1) is 13.4. The molecular weight excluding hydrogens is 286 g/mol. The second-order valence-corrected chi connectivity index (χ2v) is 6.91. The Morgan fingerprint density at radius 1 is 1.48 bits per heavy atom. The van der Waals surface area contributed by atoms with Crippen molar-refractivity contribution >= 4 is 11.3 Å². The Balaban J connectivity index is 1.39. The van der Waals surface area contributed by atoms with Gasteiger partial charge in [-0.25, -0.2) is 4.98 Å². The van der Waals surface area contributed by atoms with E-state index >= 15 is 0 Å². The molecule has 4 heterocycles. The topological polar surface area (TPSA) is 51.4 Å². The number of hydrogen-bond donors (Lipinski definition) is 0. The van der Waals surface area contributed by atoms with Gasteiger partial charge >= 0.3 is 0 Å². The van der Waals surface area contributed by atoms with Crippen molar-refractivity contribution in [1.82, 2.24) is 15.0 Å². The predicted octanol–water partition coefficient (Wildman–Crippen LogP) is 2.79. The summed E-state index contributed by atoms with van der Waals surface area (Å²) in [7, 11) is 0. The fourth-order valence-corrected chi connectivity index (χ4v) is 4.10. The zero-order valence-electron chi connectivity index (χ0n) is 12.1. The summed E-state index contributed by atoms with van der Waals surface area (Å²) in [6.45, 7) is 4.88. The number of piperidine rings is 1. The summed E-state index contributed by atoms with van der Waals surface area (Å²) in [6, 6.07) is 2.01. The van der Waals surface area contributed by atoms with Gasteiger partial charge in [-0.3, -0.25) is 4.90 Å². The third-order valence-corrected chi connectivity index (χ3v) is 5.29. The van der Waals surface area contributed by atoms with Crippen molar-refractivity contribution in [2.24, 2.45) is 5.92 Å². The first-order valence-electron chi connectivity index (χ1n) is 7.47. The molecule has 0 aromatic carbocycles. The highest BCUT2D eigenvalue weighted by Gasteiger charge is 2.40. The number of hydrogen-bond acceptors (Lipinski definition) is 6. The van der Waals surface area contributed by atoms with Crippen LogP contribution >= 0.6 is 11.3 Å². The van der Waals surface area contributed by atoms with Gasteiger partial charge in [-0.15, -0.1) is 11.3 Å². The number of rotatable bonds is 3. The van der Waals surface area contributed by atoms with E-state index in [0.717, 1.165) is 42.5 Å². The predicted molar refractivity (Wildman–Crippen MR) is 79.0 cm³/mol. The molecule has 3 atom stereocenters. The fraction of sp³-hybridized carbons (Fsp3) is 0.600. The summed E-state index contributed by atoms with van der Waals surface area (Å²) in [6.07, 6.45) is 4.72. The molecule has 2 aliphatic heterocycles. The minimum Gasteiger partial charge on any atom is -0.366 e. The molecule has 0 unspecified atom stereocenters. The molecule has 0 amide bonds. The molecule has 2 aromatic heterocycles. The maximum atomic E-state index is 6.25. The Morgan fingerprint density at radius 2 is 2.43 bits per heavy atom. The van der Waals surface area contributed by atoms with E-state index in [2.05, 4.69) is 15.0 Å². The molecule has 4 rings (SSSR count). The standard InChI is InChI=1S/C15H19N3O2S/c1-10-6-12(17-20-10)8-18-4-2-11-7-13(19-14(11)9-18)15-16-3-5-21-15/h3,5-6,11,13-14H,2,4,7-9H2,1H3/t11-,13+,14+/m0/s1. The van der Waals surface area contributed by atoms with Gasteiger partial charge in [-0.1, -0.05) is 5.16 Å². The second-order valence-electron chi connectivity index (χ2n) is 5.98. The van der Waals surface area contributed by atoms with Gasteiger partial charge in [-0.05, 0) is 32.2 Å². The number of fused-ring (bicyclic) bond motifs is 1. The molecule has 0 N–H and O–H groups in total. The summed E-state index contributed by atoms with van der Waals surface area (Å²) in [5.74, 6) is 1.55. The fourth-order valence-electron chi connectivity index (χ4n) is 3.41. The van der Waals surface area contributed by atoms with Crippen LogP contribution in [0.15, 0.2) is 22.2 Å². The van der Waals surface area contributed by atoms with Crippen LogP contribution in [-0.4, -0.2) is 34.2 Å². The third-order valence-electron chi connectivity index (χ3n) is 4.43. The first-order chi connectivity index (χ1) is 10.3. The van der Waals surface area contributed by atoms with Gasteiger partial charge in [0.25, 0.3) is 0 Å². The summed E-state index contributed by atoms with van der Waals surface area (Å²) in [4.78, 5) is 6.82. The molecule has 21 heavy (non-hydrogen) atoms. The largest absolute Gasteiger partial charge is 0.366 e. The summed E-state index contributed by atoms with van der Waals surface area (Å²) < 4.78 is 11.4. The number of ether oxygens (including phenoxy) is 1. The molecule has 2 aromatic rings. The van der Waals surface area contributed by atoms with Gasteiger partial charge < -0.3 is 9.26 Å². The molecule has 2 saturated heterocycles. The highest BCUT2D eigenvalue weighted by Crippen LogP contribution is 2.41. The van der Waals surface area contributed by atoms with Crippen molar-refractivity contribution < 1.29 is 9.26 Å². The van der Waals surface area contributed by atoms with E-state index in [1.54, 1.807) is 11.3 Å². The molecule has 2 fully saturated rings. The van der Waals surface area contributed by atoms with Crippen molar-refractivity contribution in [2.45, 2.75) is 38.5 Å². The zero-order valence-corrected chi connectivity index (χ0v) is 12.9. The molecule has 0 aliphatic carbocycles. The number of likely N-dealkylation sites (tertiary alicyclic amines) is 1. The Bertz CT molecular complexity index is 598. The number of nitrogens with zero attached hydrogens (tertiary/aromatic N) is 3. The van der Waals surface area contributed by atoms with Crippen LogP contribution in [0.2, 0.25) is 0 Å². The lowest BCUT2D eigenvalue weighted by molar-refractivity contribution is -0.00984. The van der Waals surface area contributed by atoms with Gasteiger partial charge in [0.05, 0.1) is 11.8 Å². The van der Waals surface area contributed by atoms with Crippen LogP contribution in [0.1, 0.15) is 35.4 Å². The number of aryl methyl sites for hydroxylation is 1. The average Bonchev–Trinajstić information content (AvgIpc) is 3.18. The van der Waals surface area contributed by atoms with Gasteiger partial charge in [0.1, 0.15) is 16.9 Å². The van der Waals surface area contributed by atoms with E-state index in [9.17, 15) is 0 Å². The molecule has 5 nitrogen and oxygen atoms in total. The molecule has 0 spiro atoms. The quantitative estimate of drug-likeness (QED) is 0.873.